The number of allylic oxidation sites excluding steroid dienone is 3. The molecule has 4 aromatic rings. The van der Waals surface area contributed by atoms with Crippen molar-refractivity contribution in [1.29, 1.82) is 0 Å². The number of aromatic nitrogens is 2. The molecule has 0 fully saturated rings. The second kappa shape index (κ2) is 20.5. The summed E-state index contributed by atoms with van der Waals surface area (Å²) in [6.07, 6.45) is 11.1. The first-order chi connectivity index (χ1) is 21.3. The van der Waals surface area contributed by atoms with Gasteiger partial charge in [0.1, 0.15) is 0 Å². The van der Waals surface area contributed by atoms with Crippen molar-refractivity contribution in [3.05, 3.63) is 119 Å². The quantitative estimate of drug-likeness (QED) is 0.175. The molecule has 1 aliphatic carbocycles. The number of hydrogen-bond donors (Lipinski definition) is 0. The Balaban J connectivity index is 0.000000470. The second-order valence-electron chi connectivity index (χ2n) is 9.83. The van der Waals surface area contributed by atoms with Crippen molar-refractivity contribution >= 4 is 34.2 Å². The van der Waals surface area contributed by atoms with Gasteiger partial charge in [-0.25, -0.2) is 0 Å². The molecule has 0 N–H and O–H groups in total. The molecule has 5 rings (SSSR count). The highest BCUT2D eigenvalue weighted by molar-refractivity contribution is 6.12. The zero-order valence-corrected chi connectivity index (χ0v) is 28.6. The molecule has 0 bridgehead atoms. The predicted molar refractivity (Wildman–Crippen MR) is 190 cm³/mol. The molecular formula is C39H51N3O2. The molecule has 0 aliphatic heterocycles. The molecule has 2 aromatic heterocycles. The van der Waals surface area contributed by atoms with Crippen LogP contribution in [0.3, 0.4) is 0 Å². The van der Waals surface area contributed by atoms with Crippen LogP contribution in [-0.4, -0.2) is 36.3 Å². The molecule has 1 unspecified atom stereocenters. The average molecular weight is 594 g/mol. The smallest absolute Gasteiger partial charge is 0.302 e. The van der Waals surface area contributed by atoms with Crippen LogP contribution in [0.2, 0.25) is 0 Å². The van der Waals surface area contributed by atoms with Crippen molar-refractivity contribution < 1.29 is 9.53 Å². The van der Waals surface area contributed by atoms with Gasteiger partial charge in [-0.15, -0.1) is 0 Å². The Labute approximate surface area is 265 Å². The Hall–Kier alpha value is -4.38. The lowest BCUT2D eigenvalue weighted by atomic mass is 9.81. The van der Waals surface area contributed by atoms with Crippen LogP contribution in [0.4, 0.5) is 0 Å². The number of carbonyl (C=O) groups is 1. The molecule has 0 saturated heterocycles. The second-order valence-corrected chi connectivity index (χ2v) is 9.83. The Kier molecular flexibility index (Phi) is 17.5. The van der Waals surface area contributed by atoms with E-state index in [4.69, 9.17) is 4.98 Å². The summed E-state index contributed by atoms with van der Waals surface area (Å²) in [4.78, 5) is 23.0. The summed E-state index contributed by atoms with van der Waals surface area (Å²) in [5.74, 6) is 0.207. The van der Waals surface area contributed by atoms with E-state index in [-0.39, 0.29) is 5.97 Å². The van der Waals surface area contributed by atoms with Gasteiger partial charge in [0, 0.05) is 49.2 Å². The number of esters is 1. The minimum absolute atomic E-state index is 0.245. The molecule has 1 atom stereocenters. The van der Waals surface area contributed by atoms with Crippen LogP contribution in [0.25, 0.3) is 22.0 Å². The molecule has 2 heterocycles. The highest BCUT2D eigenvalue weighted by atomic mass is 16.5. The fourth-order valence-electron chi connectivity index (χ4n) is 4.49. The third kappa shape index (κ3) is 11.4. The maximum atomic E-state index is 9.59. The van der Waals surface area contributed by atoms with E-state index in [0.29, 0.717) is 5.92 Å². The number of rotatable bonds is 3. The molecule has 2 aromatic carbocycles. The largest absolute Gasteiger partial charge is 0.469 e. The molecule has 234 valence electrons. The summed E-state index contributed by atoms with van der Waals surface area (Å²) >= 11 is 0. The monoisotopic (exact) mass is 593 g/mol. The molecule has 1 aliphatic rings. The summed E-state index contributed by atoms with van der Waals surface area (Å²) in [5.41, 5.74) is 10.8. The first-order valence-electron chi connectivity index (χ1n) is 15.5. The topological polar surface area (TPSA) is 64.4 Å². The lowest BCUT2D eigenvalue weighted by molar-refractivity contribution is -0.137. The van der Waals surface area contributed by atoms with Gasteiger partial charge in [0.25, 0.3) is 0 Å². The zero-order chi connectivity index (χ0) is 33.1. The lowest BCUT2D eigenvalue weighted by Gasteiger charge is -2.24. The zero-order valence-electron chi connectivity index (χ0n) is 28.6. The summed E-state index contributed by atoms with van der Waals surface area (Å²) in [5, 5.41) is 1.16. The first kappa shape index (κ1) is 37.6. The van der Waals surface area contributed by atoms with Gasteiger partial charge < -0.3 is 4.74 Å². The van der Waals surface area contributed by atoms with E-state index in [2.05, 4.69) is 109 Å². The van der Waals surface area contributed by atoms with E-state index in [0.717, 1.165) is 28.6 Å². The average Bonchev–Trinajstić information content (AvgIpc) is 3.06. The standard InChI is InChI=1S/C24H23N3.C8H10.C3H6O2.2C2H6/c1-4-17(15-25-3)20-9-11-27-23-13-16(2)12-21(24(20)23)18-7-8-22-19(14-18)6-5-10-26-22;1-7-3-5-8(2)6-4-7;1-3(4)5-2;2*1-2/h4-12,14-16H,13H2,1-3H3;3-6H,1-2H3;1-2H3;2*1-2H3/b17-4+,25-15?;;;;. The van der Waals surface area contributed by atoms with Gasteiger partial charge in [0.2, 0.25) is 0 Å². The molecule has 0 amide bonds. The Morgan fingerprint density at radius 3 is 2.09 bits per heavy atom. The van der Waals surface area contributed by atoms with Crippen molar-refractivity contribution in [3.63, 3.8) is 0 Å². The summed E-state index contributed by atoms with van der Waals surface area (Å²) in [6, 6.07) is 21.2. The SMILES string of the molecule is C/C=C(\C=NC)c1ccnc2c1C(c1ccc3ncccc3c1)=CC(C)C2.CC.CC.COC(C)=O.Cc1ccc(C)cc1. The maximum Gasteiger partial charge on any atom is 0.302 e. The van der Waals surface area contributed by atoms with Gasteiger partial charge in [0.15, 0.2) is 0 Å². The van der Waals surface area contributed by atoms with E-state index in [9.17, 15) is 4.79 Å². The van der Waals surface area contributed by atoms with E-state index in [1.807, 2.05) is 59.4 Å². The van der Waals surface area contributed by atoms with Gasteiger partial charge in [0.05, 0.1) is 12.6 Å². The van der Waals surface area contributed by atoms with Crippen LogP contribution < -0.4 is 0 Å². The summed E-state index contributed by atoms with van der Waals surface area (Å²) in [7, 11) is 3.16. The van der Waals surface area contributed by atoms with Crippen LogP contribution in [-0.2, 0) is 16.0 Å². The molecule has 5 nitrogen and oxygen atoms in total. The third-order valence-electron chi connectivity index (χ3n) is 6.58. The van der Waals surface area contributed by atoms with Crippen LogP contribution in [0.5, 0.6) is 0 Å². The Bertz CT molecular complexity index is 1510. The minimum Gasteiger partial charge on any atom is -0.469 e. The van der Waals surface area contributed by atoms with Gasteiger partial charge in [-0.05, 0) is 79.6 Å². The number of ether oxygens (including phenoxy) is 1. The highest BCUT2D eigenvalue weighted by Crippen LogP contribution is 2.38. The van der Waals surface area contributed by atoms with E-state index < -0.39 is 0 Å². The number of hydrogen-bond acceptors (Lipinski definition) is 5. The van der Waals surface area contributed by atoms with Crippen LogP contribution >= 0.6 is 0 Å². The fourth-order valence-corrected chi connectivity index (χ4v) is 4.49. The molecule has 5 heteroatoms. The number of carbonyl (C=O) groups excluding carboxylic acids is 1. The van der Waals surface area contributed by atoms with Gasteiger partial charge in [-0.3, -0.25) is 19.8 Å². The lowest BCUT2D eigenvalue weighted by Crippen LogP contribution is -2.12. The number of pyridine rings is 2. The van der Waals surface area contributed by atoms with Gasteiger partial charge in [-0.2, -0.15) is 0 Å². The van der Waals surface area contributed by atoms with Crippen LogP contribution in [0.15, 0.2) is 90.2 Å². The van der Waals surface area contributed by atoms with E-state index in [1.54, 1.807) is 0 Å². The fraction of sp³-hybridized carbons (Fsp3) is 0.333. The van der Waals surface area contributed by atoms with E-state index in [1.165, 1.54) is 47.4 Å². The number of aliphatic imine (C=N–C) groups is 1. The van der Waals surface area contributed by atoms with Crippen molar-refractivity contribution in [2.24, 2.45) is 10.9 Å². The van der Waals surface area contributed by atoms with Crippen LogP contribution in [0, 0.1) is 19.8 Å². The van der Waals surface area contributed by atoms with Crippen molar-refractivity contribution in [2.75, 3.05) is 14.2 Å². The highest BCUT2D eigenvalue weighted by Gasteiger charge is 2.23. The van der Waals surface area contributed by atoms with Gasteiger partial charge in [-0.1, -0.05) is 94.3 Å². The molecule has 44 heavy (non-hydrogen) atoms. The minimum atomic E-state index is -0.245. The number of nitrogens with zero attached hydrogens (tertiary/aromatic N) is 3. The van der Waals surface area contributed by atoms with E-state index >= 15 is 0 Å². The summed E-state index contributed by atoms with van der Waals surface area (Å²) in [6.45, 7) is 17.9. The molecule has 0 spiro atoms. The molecule has 0 radical (unpaired) electrons. The number of benzene rings is 2. The Morgan fingerprint density at radius 1 is 0.932 bits per heavy atom. The molecular weight excluding hydrogens is 542 g/mol. The number of methoxy groups -OCH3 is 1. The van der Waals surface area contributed by atoms with Crippen molar-refractivity contribution in [2.45, 2.75) is 68.7 Å². The number of aryl methyl sites for hydroxylation is 2. The van der Waals surface area contributed by atoms with Gasteiger partial charge >= 0.3 is 5.97 Å². The maximum absolute atomic E-state index is 9.59. The summed E-state index contributed by atoms with van der Waals surface area (Å²) < 4.78 is 4.11. The predicted octanol–water partition coefficient (Wildman–Crippen LogP) is 9.89. The molecule has 0 saturated carbocycles. The van der Waals surface area contributed by atoms with Crippen LogP contribution in [0.1, 0.15) is 82.0 Å². The first-order valence-corrected chi connectivity index (χ1v) is 15.5. The normalized spacial score (nSPS) is 13.3. The number of fused-ring (bicyclic) bond motifs is 2. The Morgan fingerprint density at radius 2 is 1.55 bits per heavy atom. The van der Waals surface area contributed by atoms with Crippen molar-refractivity contribution in [1.82, 2.24) is 9.97 Å². The van der Waals surface area contributed by atoms with Crippen molar-refractivity contribution in [3.8, 4) is 0 Å². The third-order valence-corrected chi connectivity index (χ3v) is 6.58.